The van der Waals surface area contributed by atoms with Crippen LogP contribution in [0.4, 0.5) is 9.93 Å². The van der Waals surface area contributed by atoms with Crippen molar-refractivity contribution in [3.05, 3.63) is 82.4 Å². The topological polar surface area (TPSA) is 53.5 Å². The van der Waals surface area contributed by atoms with E-state index in [9.17, 15) is 9.59 Å². The standard InChI is InChI=1S/C23H23N3O2S/c1-17-21(20(27)13-12-18-8-4-2-5-9-18)29-22(24-17)26-15-14-25(23(26)28)16-19-10-6-3-7-11-19/h2-11H,12-16H2,1H3. The molecule has 5 nitrogen and oxygen atoms in total. The molecule has 0 spiro atoms. The maximum atomic E-state index is 12.8. The van der Waals surface area contributed by atoms with Gasteiger partial charge in [0.1, 0.15) is 0 Å². The summed E-state index contributed by atoms with van der Waals surface area (Å²) in [6.07, 6.45) is 1.15. The molecule has 3 aromatic rings. The van der Waals surface area contributed by atoms with Gasteiger partial charge in [0.2, 0.25) is 0 Å². The third-order valence-corrected chi connectivity index (χ3v) is 6.29. The molecule has 1 aliphatic rings. The number of amides is 2. The molecule has 2 heterocycles. The van der Waals surface area contributed by atoms with E-state index < -0.39 is 0 Å². The summed E-state index contributed by atoms with van der Waals surface area (Å²) in [6.45, 7) is 3.68. The molecule has 2 amide bonds. The van der Waals surface area contributed by atoms with E-state index >= 15 is 0 Å². The van der Waals surface area contributed by atoms with Gasteiger partial charge in [0.15, 0.2) is 10.9 Å². The molecule has 4 rings (SSSR count). The van der Waals surface area contributed by atoms with Crippen molar-refractivity contribution in [1.29, 1.82) is 0 Å². The second-order valence-corrected chi connectivity index (χ2v) is 8.14. The predicted molar refractivity (Wildman–Crippen MR) is 116 cm³/mol. The number of carbonyl (C=O) groups is 2. The SMILES string of the molecule is Cc1nc(N2CCN(Cc3ccccc3)C2=O)sc1C(=O)CCc1ccccc1. The number of urea groups is 1. The molecule has 1 saturated heterocycles. The fourth-order valence-corrected chi connectivity index (χ4v) is 4.54. The smallest absolute Gasteiger partial charge is 0.318 e. The molecular weight excluding hydrogens is 382 g/mol. The van der Waals surface area contributed by atoms with Crippen LogP contribution in [0.15, 0.2) is 60.7 Å². The van der Waals surface area contributed by atoms with E-state index in [1.165, 1.54) is 11.3 Å². The summed E-state index contributed by atoms with van der Waals surface area (Å²) in [4.78, 5) is 34.3. The zero-order valence-electron chi connectivity index (χ0n) is 16.4. The number of aryl methyl sites for hydroxylation is 2. The van der Waals surface area contributed by atoms with Crippen molar-refractivity contribution >= 4 is 28.3 Å². The molecular formula is C23H23N3O2S. The number of aromatic nitrogens is 1. The van der Waals surface area contributed by atoms with Crippen LogP contribution in [0, 0.1) is 6.92 Å². The molecule has 0 unspecified atom stereocenters. The third kappa shape index (κ3) is 4.38. The van der Waals surface area contributed by atoms with Crippen molar-refractivity contribution in [3.8, 4) is 0 Å². The first-order valence-corrected chi connectivity index (χ1v) is 10.6. The lowest BCUT2D eigenvalue weighted by molar-refractivity contribution is 0.0986. The Morgan fingerprint density at radius 2 is 1.66 bits per heavy atom. The Morgan fingerprint density at radius 3 is 2.34 bits per heavy atom. The monoisotopic (exact) mass is 405 g/mol. The molecule has 1 fully saturated rings. The minimum atomic E-state index is -0.0501. The summed E-state index contributed by atoms with van der Waals surface area (Å²) in [7, 11) is 0. The summed E-state index contributed by atoms with van der Waals surface area (Å²) >= 11 is 1.33. The van der Waals surface area contributed by atoms with Crippen LogP contribution in [0.3, 0.4) is 0 Å². The molecule has 148 valence electrons. The minimum Gasteiger partial charge on any atom is -0.318 e. The van der Waals surface area contributed by atoms with Crippen molar-refractivity contribution in [3.63, 3.8) is 0 Å². The van der Waals surface area contributed by atoms with Crippen LogP contribution < -0.4 is 4.90 Å². The number of Topliss-reactive ketones (excluding diaryl/α,β-unsaturated/α-hetero) is 1. The molecule has 2 aromatic carbocycles. The summed E-state index contributed by atoms with van der Waals surface area (Å²) < 4.78 is 0. The van der Waals surface area contributed by atoms with Gasteiger partial charge in [-0.3, -0.25) is 9.69 Å². The average Bonchev–Trinajstić information content (AvgIpc) is 3.30. The van der Waals surface area contributed by atoms with Crippen LogP contribution in [-0.4, -0.2) is 34.8 Å². The fourth-order valence-electron chi connectivity index (χ4n) is 3.48. The second-order valence-electron chi connectivity index (χ2n) is 7.16. The van der Waals surface area contributed by atoms with Gasteiger partial charge in [0, 0.05) is 26.1 Å². The number of nitrogens with zero attached hydrogens (tertiary/aromatic N) is 3. The highest BCUT2D eigenvalue weighted by Crippen LogP contribution is 2.30. The Bertz CT molecular complexity index is 1000. The molecule has 0 aliphatic carbocycles. The van der Waals surface area contributed by atoms with Crippen LogP contribution in [0.2, 0.25) is 0 Å². The maximum absolute atomic E-state index is 12.8. The molecule has 0 saturated carbocycles. The number of carbonyl (C=O) groups excluding carboxylic acids is 2. The van der Waals surface area contributed by atoms with Crippen LogP contribution >= 0.6 is 11.3 Å². The van der Waals surface area contributed by atoms with Crippen molar-refractivity contribution in [1.82, 2.24) is 9.88 Å². The summed E-state index contributed by atoms with van der Waals surface area (Å²) in [5.41, 5.74) is 2.96. The first-order valence-electron chi connectivity index (χ1n) is 9.77. The van der Waals surface area contributed by atoms with Gasteiger partial charge in [-0.2, -0.15) is 0 Å². The minimum absolute atomic E-state index is 0.0501. The van der Waals surface area contributed by atoms with Gasteiger partial charge in [-0.25, -0.2) is 9.78 Å². The molecule has 0 radical (unpaired) electrons. The van der Waals surface area contributed by atoms with Crippen molar-refractivity contribution < 1.29 is 9.59 Å². The molecule has 0 atom stereocenters. The van der Waals surface area contributed by atoms with E-state index in [0.717, 1.165) is 11.1 Å². The molecule has 6 heteroatoms. The summed E-state index contributed by atoms with van der Waals surface area (Å²) in [5.74, 6) is 0.0860. The molecule has 29 heavy (non-hydrogen) atoms. The van der Waals surface area contributed by atoms with E-state index in [1.807, 2.05) is 72.5 Å². The number of hydrogen-bond donors (Lipinski definition) is 0. The van der Waals surface area contributed by atoms with Crippen LogP contribution in [0.25, 0.3) is 0 Å². The molecule has 1 aromatic heterocycles. The molecule has 0 bridgehead atoms. The average molecular weight is 406 g/mol. The van der Waals surface area contributed by atoms with Crippen LogP contribution in [0.5, 0.6) is 0 Å². The third-order valence-electron chi connectivity index (χ3n) is 5.06. The van der Waals surface area contributed by atoms with Crippen molar-refractivity contribution in [2.75, 3.05) is 18.0 Å². The zero-order valence-corrected chi connectivity index (χ0v) is 17.2. The maximum Gasteiger partial charge on any atom is 0.326 e. The van der Waals surface area contributed by atoms with Gasteiger partial charge in [0.05, 0.1) is 10.6 Å². The first-order chi connectivity index (χ1) is 14.1. The highest BCUT2D eigenvalue weighted by molar-refractivity contribution is 7.17. The lowest BCUT2D eigenvalue weighted by Gasteiger charge is -2.16. The van der Waals surface area contributed by atoms with Gasteiger partial charge in [-0.1, -0.05) is 72.0 Å². The highest BCUT2D eigenvalue weighted by atomic mass is 32.1. The summed E-state index contributed by atoms with van der Waals surface area (Å²) in [6, 6.07) is 19.9. The first kappa shape index (κ1) is 19.3. The number of ketones is 1. The Kier molecular flexibility index (Phi) is 5.71. The van der Waals surface area contributed by atoms with Crippen LogP contribution in [-0.2, 0) is 13.0 Å². The number of benzene rings is 2. The van der Waals surface area contributed by atoms with Gasteiger partial charge < -0.3 is 4.90 Å². The van der Waals surface area contributed by atoms with Crippen molar-refractivity contribution in [2.45, 2.75) is 26.3 Å². The normalized spacial score (nSPS) is 13.9. The van der Waals surface area contributed by atoms with Crippen molar-refractivity contribution in [2.24, 2.45) is 0 Å². The highest BCUT2D eigenvalue weighted by Gasteiger charge is 2.32. The van der Waals surface area contributed by atoms with Gasteiger partial charge in [-0.15, -0.1) is 0 Å². The zero-order chi connectivity index (χ0) is 20.2. The lowest BCUT2D eigenvalue weighted by Crippen LogP contribution is -2.31. The van der Waals surface area contributed by atoms with Gasteiger partial charge >= 0.3 is 6.03 Å². The van der Waals surface area contributed by atoms with E-state index in [1.54, 1.807) is 4.90 Å². The Labute approximate surface area is 174 Å². The number of rotatable bonds is 7. The largest absolute Gasteiger partial charge is 0.326 e. The predicted octanol–water partition coefficient (Wildman–Crippen LogP) is 4.71. The van der Waals surface area contributed by atoms with E-state index in [0.29, 0.717) is 48.2 Å². The number of anilines is 1. The number of thiazole rings is 1. The van der Waals surface area contributed by atoms with E-state index in [-0.39, 0.29) is 11.8 Å². The van der Waals surface area contributed by atoms with Gasteiger partial charge in [-0.05, 0) is 24.5 Å². The second kappa shape index (κ2) is 8.57. The molecule has 1 aliphatic heterocycles. The van der Waals surface area contributed by atoms with E-state index in [4.69, 9.17) is 0 Å². The number of hydrogen-bond acceptors (Lipinski definition) is 4. The quantitative estimate of drug-likeness (QED) is 0.535. The fraction of sp³-hybridized carbons (Fsp3) is 0.261. The van der Waals surface area contributed by atoms with Crippen LogP contribution in [0.1, 0.15) is 32.9 Å². The summed E-state index contributed by atoms with van der Waals surface area (Å²) in [5, 5.41) is 0.617. The molecule has 0 N–H and O–H groups in total. The van der Waals surface area contributed by atoms with Gasteiger partial charge in [0.25, 0.3) is 0 Å². The lowest BCUT2D eigenvalue weighted by atomic mass is 10.1. The van der Waals surface area contributed by atoms with E-state index in [2.05, 4.69) is 4.98 Å². The Balaban J connectivity index is 1.42. The Morgan fingerprint density at radius 1 is 1.00 bits per heavy atom. The Hall–Kier alpha value is -2.99.